The number of likely N-dealkylation sites (tertiary alicyclic amines) is 1. The summed E-state index contributed by atoms with van der Waals surface area (Å²) in [6.07, 6.45) is 0.737. The third-order valence-electron chi connectivity index (χ3n) is 3.10. The Morgan fingerprint density at radius 1 is 1.64 bits per heavy atom. The number of amides is 1. The Morgan fingerprint density at radius 3 is 2.43 bits per heavy atom. The van der Waals surface area contributed by atoms with Crippen molar-refractivity contribution < 1.29 is 9.90 Å². The Balaban J connectivity index is 2.59. The van der Waals surface area contributed by atoms with Crippen LogP contribution in [0.5, 0.6) is 0 Å². The number of nitrogens with zero attached hydrogens (tertiary/aromatic N) is 1. The largest absolute Gasteiger partial charge is 0.386 e. The van der Waals surface area contributed by atoms with Crippen LogP contribution in [0.4, 0.5) is 0 Å². The van der Waals surface area contributed by atoms with Crippen molar-refractivity contribution in [2.75, 3.05) is 19.6 Å². The highest BCUT2D eigenvalue weighted by Crippen LogP contribution is 2.28. The average Bonchev–Trinajstić information content (AvgIpc) is 2.11. The molecule has 1 saturated heterocycles. The number of aliphatic hydroxyl groups is 1. The standard InChI is InChI=1S/C10H20N2O2/c1-4-9(2,5-11)8(13)12-6-10(3,14)7-12/h14H,4-7,11H2,1-3H3. The normalized spacial score (nSPS) is 23.9. The summed E-state index contributed by atoms with van der Waals surface area (Å²) in [5.41, 5.74) is 4.44. The number of hydrogen-bond acceptors (Lipinski definition) is 3. The molecule has 0 aromatic rings. The van der Waals surface area contributed by atoms with Crippen LogP contribution in [0.25, 0.3) is 0 Å². The van der Waals surface area contributed by atoms with Gasteiger partial charge in [-0.3, -0.25) is 4.79 Å². The van der Waals surface area contributed by atoms with Gasteiger partial charge in [-0.05, 0) is 20.3 Å². The zero-order chi connectivity index (χ0) is 11.0. The van der Waals surface area contributed by atoms with Crippen LogP contribution in [0, 0.1) is 5.41 Å². The van der Waals surface area contributed by atoms with E-state index in [2.05, 4.69) is 0 Å². The average molecular weight is 200 g/mol. The smallest absolute Gasteiger partial charge is 0.229 e. The Bertz CT molecular complexity index is 226. The summed E-state index contributed by atoms with van der Waals surface area (Å²) < 4.78 is 0. The van der Waals surface area contributed by atoms with E-state index in [4.69, 9.17) is 5.73 Å². The third-order valence-corrected chi connectivity index (χ3v) is 3.10. The molecule has 3 N–H and O–H groups in total. The van der Waals surface area contributed by atoms with Gasteiger partial charge in [-0.15, -0.1) is 0 Å². The van der Waals surface area contributed by atoms with Crippen molar-refractivity contribution in [3.05, 3.63) is 0 Å². The maximum atomic E-state index is 11.9. The molecule has 0 radical (unpaired) electrons. The van der Waals surface area contributed by atoms with Gasteiger partial charge in [0.15, 0.2) is 0 Å². The number of carbonyl (C=O) groups excluding carboxylic acids is 1. The summed E-state index contributed by atoms with van der Waals surface area (Å²) in [5.74, 6) is 0.0639. The van der Waals surface area contributed by atoms with Crippen molar-refractivity contribution in [2.24, 2.45) is 11.1 Å². The molecule has 4 heteroatoms. The van der Waals surface area contributed by atoms with Crippen molar-refractivity contribution in [1.29, 1.82) is 0 Å². The first-order chi connectivity index (χ1) is 6.34. The van der Waals surface area contributed by atoms with E-state index in [1.54, 1.807) is 11.8 Å². The van der Waals surface area contributed by atoms with E-state index in [0.29, 0.717) is 19.6 Å². The quantitative estimate of drug-likeness (QED) is 0.671. The van der Waals surface area contributed by atoms with E-state index in [1.807, 2.05) is 13.8 Å². The Kier molecular flexibility index (Phi) is 2.88. The SMILES string of the molecule is CCC(C)(CN)C(=O)N1CC(C)(O)C1. The molecular weight excluding hydrogens is 180 g/mol. The molecule has 1 unspecified atom stereocenters. The Morgan fingerprint density at radius 2 is 2.14 bits per heavy atom. The molecule has 0 aliphatic carbocycles. The lowest BCUT2D eigenvalue weighted by atomic mass is 9.83. The van der Waals surface area contributed by atoms with Crippen LogP contribution in [0.2, 0.25) is 0 Å². The second kappa shape index (κ2) is 3.51. The van der Waals surface area contributed by atoms with Crippen LogP contribution in [-0.4, -0.2) is 41.1 Å². The van der Waals surface area contributed by atoms with Crippen LogP contribution in [0.15, 0.2) is 0 Å². The molecule has 1 amide bonds. The van der Waals surface area contributed by atoms with Gasteiger partial charge in [0.1, 0.15) is 0 Å². The predicted molar refractivity (Wildman–Crippen MR) is 54.7 cm³/mol. The lowest BCUT2D eigenvalue weighted by Gasteiger charge is -2.47. The minimum absolute atomic E-state index is 0.0639. The van der Waals surface area contributed by atoms with Crippen LogP contribution in [0.3, 0.4) is 0 Å². The maximum Gasteiger partial charge on any atom is 0.229 e. The maximum absolute atomic E-state index is 11.9. The summed E-state index contributed by atoms with van der Waals surface area (Å²) in [6, 6.07) is 0. The fourth-order valence-electron chi connectivity index (χ4n) is 1.68. The monoisotopic (exact) mass is 200 g/mol. The zero-order valence-electron chi connectivity index (χ0n) is 9.21. The number of β-amino-alcohol motifs (C(OH)–C–C–N with tert-alkyl or cyclic N) is 1. The van der Waals surface area contributed by atoms with Gasteiger partial charge in [0.05, 0.1) is 24.1 Å². The van der Waals surface area contributed by atoms with Crippen molar-refractivity contribution in [3.63, 3.8) is 0 Å². The van der Waals surface area contributed by atoms with E-state index in [1.165, 1.54) is 0 Å². The van der Waals surface area contributed by atoms with Crippen molar-refractivity contribution in [2.45, 2.75) is 32.8 Å². The topological polar surface area (TPSA) is 66.6 Å². The number of hydrogen-bond donors (Lipinski definition) is 2. The number of nitrogens with two attached hydrogens (primary N) is 1. The molecule has 1 fully saturated rings. The fraction of sp³-hybridized carbons (Fsp3) is 0.900. The molecule has 0 spiro atoms. The van der Waals surface area contributed by atoms with Gasteiger partial charge < -0.3 is 15.7 Å². The molecule has 0 bridgehead atoms. The third kappa shape index (κ3) is 1.91. The Labute approximate surface area is 85.1 Å². The molecular formula is C10H20N2O2. The van der Waals surface area contributed by atoms with E-state index in [9.17, 15) is 9.90 Å². The molecule has 14 heavy (non-hydrogen) atoms. The molecule has 1 rings (SSSR count). The fourth-order valence-corrected chi connectivity index (χ4v) is 1.68. The lowest BCUT2D eigenvalue weighted by Crippen LogP contribution is -2.64. The van der Waals surface area contributed by atoms with E-state index >= 15 is 0 Å². The first kappa shape index (κ1) is 11.5. The molecule has 0 aromatic carbocycles. The summed E-state index contributed by atoms with van der Waals surface area (Å²) in [7, 11) is 0. The highest BCUT2D eigenvalue weighted by molar-refractivity contribution is 5.83. The number of rotatable bonds is 3. The first-order valence-corrected chi connectivity index (χ1v) is 5.06. The molecule has 0 aromatic heterocycles. The van der Waals surface area contributed by atoms with Gasteiger partial charge in [0.2, 0.25) is 5.91 Å². The molecule has 82 valence electrons. The highest BCUT2D eigenvalue weighted by Gasteiger charge is 2.44. The molecule has 1 atom stereocenters. The summed E-state index contributed by atoms with van der Waals surface area (Å²) >= 11 is 0. The van der Waals surface area contributed by atoms with Gasteiger partial charge in [-0.2, -0.15) is 0 Å². The first-order valence-electron chi connectivity index (χ1n) is 5.06. The van der Waals surface area contributed by atoms with Gasteiger partial charge in [-0.25, -0.2) is 0 Å². The van der Waals surface area contributed by atoms with Crippen LogP contribution >= 0.6 is 0 Å². The minimum atomic E-state index is -0.696. The van der Waals surface area contributed by atoms with E-state index < -0.39 is 11.0 Å². The van der Waals surface area contributed by atoms with Crippen LogP contribution in [0.1, 0.15) is 27.2 Å². The second-order valence-electron chi connectivity index (χ2n) is 4.78. The molecule has 4 nitrogen and oxygen atoms in total. The molecule has 1 aliphatic heterocycles. The van der Waals surface area contributed by atoms with Crippen molar-refractivity contribution in [1.82, 2.24) is 4.90 Å². The summed E-state index contributed by atoms with van der Waals surface area (Å²) in [5, 5.41) is 9.52. The van der Waals surface area contributed by atoms with Crippen LogP contribution in [-0.2, 0) is 4.79 Å². The minimum Gasteiger partial charge on any atom is -0.386 e. The summed E-state index contributed by atoms with van der Waals surface area (Å²) in [6.45, 7) is 6.80. The summed E-state index contributed by atoms with van der Waals surface area (Å²) in [4.78, 5) is 13.6. The molecule has 1 heterocycles. The van der Waals surface area contributed by atoms with Crippen molar-refractivity contribution in [3.8, 4) is 0 Å². The zero-order valence-corrected chi connectivity index (χ0v) is 9.21. The van der Waals surface area contributed by atoms with E-state index in [-0.39, 0.29) is 5.91 Å². The van der Waals surface area contributed by atoms with Gasteiger partial charge >= 0.3 is 0 Å². The van der Waals surface area contributed by atoms with Crippen molar-refractivity contribution >= 4 is 5.91 Å². The highest BCUT2D eigenvalue weighted by atomic mass is 16.3. The van der Waals surface area contributed by atoms with Gasteiger partial charge in [-0.1, -0.05) is 6.92 Å². The van der Waals surface area contributed by atoms with E-state index in [0.717, 1.165) is 6.42 Å². The lowest BCUT2D eigenvalue weighted by molar-refractivity contribution is -0.162. The predicted octanol–water partition coefficient (Wildman–Crippen LogP) is -0.0454. The van der Waals surface area contributed by atoms with Gasteiger partial charge in [0.25, 0.3) is 0 Å². The molecule has 1 aliphatic rings. The second-order valence-corrected chi connectivity index (χ2v) is 4.78. The molecule has 0 saturated carbocycles. The van der Waals surface area contributed by atoms with Crippen LogP contribution < -0.4 is 5.73 Å². The van der Waals surface area contributed by atoms with Gasteiger partial charge in [0, 0.05) is 6.54 Å². The Hall–Kier alpha value is -0.610. The number of carbonyl (C=O) groups is 1.